The van der Waals surface area contributed by atoms with Gasteiger partial charge in [0.2, 0.25) is 0 Å². The lowest BCUT2D eigenvalue weighted by Gasteiger charge is -1.92. The van der Waals surface area contributed by atoms with Crippen LogP contribution in [0.15, 0.2) is 34.7 Å². The lowest BCUT2D eigenvalue weighted by molar-refractivity contribution is 0.336. The van der Waals surface area contributed by atoms with Crippen LogP contribution in [0.25, 0.3) is 11.0 Å². The lowest BCUT2D eigenvalue weighted by Crippen LogP contribution is -2.00. The Morgan fingerprint density at radius 3 is 2.83 bits per heavy atom. The Morgan fingerprint density at radius 2 is 2.00 bits per heavy atom. The summed E-state index contributed by atoms with van der Waals surface area (Å²) < 4.78 is 4.94. The van der Waals surface area contributed by atoms with Crippen LogP contribution in [-0.4, -0.2) is 9.90 Å². The van der Waals surface area contributed by atoms with Gasteiger partial charge in [0.15, 0.2) is 0 Å². The molecule has 60 valence electrons. The maximum Gasteiger partial charge on any atom is 0.358 e. The molecule has 0 aliphatic heterocycles. The molecule has 3 heteroatoms. The van der Waals surface area contributed by atoms with Gasteiger partial charge in [0.05, 0.1) is 0 Å². The third-order valence-electron chi connectivity index (χ3n) is 1.64. The molecule has 0 saturated heterocycles. The van der Waals surface area contributed by atoms with Gasteiger partial charge in [-0.3, -0.25) is 4.79 Å². The second kappa shape index (κ2) is 2.37. The van der Waals surface area contributed by atoms with Crippen molar-refractivity contribution in [2.24, 2.45) is 0 Å². The van der Waals surface area contributed by atoms with Gasteiger partial charge >= 0.3 is 5.43 Å². The van der Waals surface area contributed by atoms with Crippen molar-refractivity contribution < 1.29 is 14.3 Å². The van der Waals surface area contributed by atoms with Crippen molar-refractivity contribution >= 4 is 11.0 Å². The van der Waals surface area contributed by atoms with Gasteiger partial charge in [0.1, 0.15) is 17.0 Å². The summed E-state index contributed by atoms with van der Waals surface area (Å²) in [7, 11) is 0. The van der Waals surface area contributed by atoms with E-state index in [2.05, 4.69) is 0 Å². The molecule has 1 aromatic heterocycles. The fraction of sp³-hybridized carbons (Fsp3) is 0. The molecule has 0 fully saturated rings. The third kappa shape index (κ3) is 0.955. The predicted octanol–water partition coefficient (Wildman–Crippen LogP) is 1.14. The van der Waals surface area contributed by atoms with E-state index in [1.165, 1.54) is 6.07 Å². The van der Waals surface area contributed by atoms with Gasteiger partial charge in [-0.25, -0.2) is 0 Å². The molecule has 3 nitrogen and oxygen atoms in total. The van der Waals surface area contributed by atoms with Crippen molar-refractivity contribution in [1.29, 1.82) is 0 Å². The number of hydrogen-bond donors (Lipinski definition) is 1. The summed E-state index contributed by atoms with van der Waals surface area (Å²) in [5.41, 5.74) is 0.490. The van der Waals surface area contributed by atoms with Crippen LogP contribution < -0.4 is 5.43 Å². The first-order valence-corrected chi connectivity index (χ1v) is 3.51. The predicted molar refractivity (Wildman–Crippen MR) is 42.9 cm³/mol. The highest BCUT2D eigenvalue weighted by Crippen LogP contribution is 2.14. The lowest BCUT2D eigenvalue weighted by atomic mass is 10.2. The topological polar surface area (TPSA) is 54.8 Å². The SMILES string of the molecule is Oc1cc(=[OH+])c2ccccc2o1. The molecule has 0 atom stereocenters. The Labute approximate surface area is 67.9 Å². The zero-order valence-electron chi connectivity index (χ0n) is 6.19. The van der Waals surface area contributed by atoms with Crippen LogP contribution in [0.2, 0.25) is 0 Å². The largest absolute Gasteiger partial charge is 0.480 e. The molecule has 0 bridgehead atoms. The van der Waals surface area contributed by atoms with E-state index in [1.54, 1.807) is 24.3 Å². The highest BCUT2D eigenvalue weighted by atomic mass is 16.5. The Hall–Kier alpha value is -1.77. The number of benzene rings is 1. The fourth-order valence-corrected chi connectivity index (χ4v) is 1.10. The molecule has 0 radical (unpaired) electrons. The van der Waals surface area contributed by atoms with Crippen LogP contribution in [0.5, 0.6) is 5.95 Å². The minimum Gasteiger partial charge on any atom is -0.480 e. The van der Waals surface area contributed by atoms with E-state index in [-0.39, 0.29) is 11.4 Å². The minimum absolute atomic E-state index is 0.0225. The zero-order chi connectivity index (χ0) is 8.55. The Morgan fingerprint density at radius 1 is 1.25 bits per heavy atom. The van der Waals surface area contributed by atoms with Crippen LogP contribution in [0.4, 0.5) is 0 Å². The average Bonchev–Trinajstić information content (AvgIpc) is 2.04. The maximum atomic E-state index is 9.33. The van der Waals surface area contributed by atoms with Crippen LogP contribution in [0, 0.1) is 0 Å². The van der Waals surface area contributed by atoms with Crippen LogP contribution in [0.1, 0.15) is 0 Å². The smallest absolute Gasteiger partial charge is 0.358 e. The van der Waals surface area contributed by atoms with Gasteiger partial charge in [-0.2, -0.15) is 0 Å². The molecule has 0 spiro atoms. The molecular weight excluding hydrogens is 156 g/mol. The van der Waals surface area contributed by atoms with Crippen LogP contribution in [0.3, 0.4) is 0 Å². The number of rotatable bonds is 0. The first kappa shape index (κ1) is 6.91. The molecule has 2 aromatic rings. The van der Waals surface area contributed by atoms with Crippen molar-refractivity contribution in [3.8, 4) is 5.95 Å². The molecular formula is C9H7O3+. The molecule has 0 unspecified atom stereocenters. The van der Waals surface area contributed by atoms with E-state index in [9.17, 15) is 4.79 Å². The molecule has 1 heterocycles. The summed E-state index contributed by atoms with van der Waals surface area (Å²) in [5, 5.41) is 9.58. The summed E-state index contributed by atoms with van der Waals surface area (Å²) in [4.78, 5) is 9.33. The molecule has 2 rings (SSSR count). The first-order valence-electron chi connectivity index (χ1n) is 3.51. The van der Waals surface area contributed by atoms with Gasteiger partial charge in [0, 0.05) is 0 Å². The zero-order valence-corrected chi connectivity index (χ0v) is 6.19. The van der Waals surface area contributed by atoms with Crippen molar-refractivity contribution in [3.05, 3.63) is 35.8 Å². The highest BCUT2D eigenvalue weighted by molar-refractivity contribution is 5.75. The summed E-state index contributed by atoms with van der Waals surface area (Å²) in [6.45, 7) is 0. The molecule has 0 saturated carbocycles. The average molecular weight is 163 g/mol. The number of aromatic hydroxyl groups is 1. The van der Waals surface area contributed by atoms with Crippen molar-refractivity contribution in [2.75, 3.05) is 0 Å². The summed E-state index contributed by atoms with van der Waals surface area (Å²) in [6.07, 6.45) is 0. The van der Waals surface area contributed by atoms with E-state index in [0.717, 1.165) is 0 Å². The number of hydrogen-bond acceptors (Lipinski definition) is 2. The Kier molecular flexibility index (Phi) is 1.37. The minimum atomic E-state index is -0.286. The molecule has 0 amide bonds. The quantitative estimate of drug-likeness (QED) is 0.592. The van der Waals surface area contributed by atoms with Gasteiger partial charge in [-0.05, 0) is 12.1 Å². The monoisotopic (exact) mass is 163 g/mol. The number of fused-ring (bicyclic) bond motifs is 1. The van der Waals surface area contributed by atoms with Gasteiger partial charge in [-0.1, -0.05) is 12.1 Å². The van der Waals surface area contributed by atoms with Crippen molar-refractivity contribution in [2.45, 2.75) is 0 Å². The van der Waals surface area contributed by atoms with Gasteiger partial charge in [-0.15, -0.1) is 0 Å². The number of para-hydroxylation sites is 1. The summed E-state index contributed by atoms with van der Waals surface area (Å²) >= 11 is 0. The van der Waals surface area contributed by atoms with E-state index < -0.39 is 0 Å². The van der Waals surface area contributed by atoms with Crippen LogP contribution in [-0.2, 0) is 0 Å². The van der Waals surface area contributed by atoms with Crippen LogP contribution >= 0.6 is 0 Å². The Bertz CT molecular complexity index is 470. The molecule has 0 aliphatic carbocycles. The van der Waals surface area contributed by atoms with Gasteiger partial charge in [0.25, 0.3) is 5.95 Å². The molecule has 12 heavy (non-hydrogen) atoms. The van der Waals surface area contributed by atoms with Crippen molar-refractivity contribution in [1.82, 2.24) is 0 Å². The molecule has 0 aliphatic rings. The second-order valence-electron chi connectivity index (χ2n) is 2.47. The summed E-state index contributed by atoms with van der Waals surface area (Å²) in [5.74, 6) is -0.286. The molecule has 2 N–H and O–H groups in total. The first-order chi connectivity index (χ1) is 5.77. The van der Waals surface area contributed by atoms with Gasteiger partial charge < -0.3 is 9.52 Å². The highest BCUT2D eigenvalue weighted by Gasteiger charge is 2.05. The standard InChI is InChI=1S/C9H6O3/c10-7-5-9(11)12-8-4-2-1-3-6(7)8/h1-5,11H/p+1. The Balaban J connectivity index is 2.99. The van der Waals surface area contributed by atoms with E-state index in [4.69, 9.17) is 9.52 Å². The molecule has 1 aromatic carbocycles. The summed E-state index contributed by atoms with van der Waals surface area (Å²) in [6, 6.07) is 8.12. The third-order valence-corrected chi connectivity index (χ3v) is 1.64. The van der Waals surface area contributed by atoms with E-state index in [1.807, 2.05) is 0 Å². The normalized spacial score (nSPS) is 10.3. The fourth-order valence-electron chi connectivity index (χ4n) is 1.10. The van der Waals surface area contributed by atoms with E-state index in [0.29, 0.717) is 11.0 Å². The van der Waals surface area contributed by atoms with Crippen molar-refractivity contribution in [3.63, 3.8) is 0 Å². The maximum absolute atomic E-state index is 9.33. The van der Waals surface area contributed by atoms with E-state index >= 15 is 0 Å². The second-order valence-corrected chi connectivity index (χ2v) is 2.47.